The number of carbonyl (C=O) groups is 1. The van der Waals surface area contributed by atoms with Crippen LogP contribution < -0.4 is 5.73 Å². The maximum Gasteiger partial charge on any atom is 0.309 e. The van der Waals surface area contributed by atoms with Crippen molar-refractivity contribution >= 4 is 12.0 Å². The Kier molecular flexibility index (Phi) is 5.39. The van der Waals surface area contributed by atoms with Crippen LogP contribution in [0.5, 0.6) is 0 Å². The SMILES string of the molecule is C[C@H]1OC(=O)[C@@H]2C[C@H]3[C@@H](CCC[C@H]3N)[C@H](/C=C/c3ccc(-c4cccc(F)c4)cn3)[C@H]12. The van der Waals surface area contributed by atoms with Gasteiger partial charge >= 0.3 is 5.97 Å². The normalized spacial score (nSPS) is 34.9. The van der Waals surface area contributed by atoms with Crippen LogP contribution in [0.4, 0.5) is 4.39 Å². The number of allylic oxidation sites excluding steroid dienone is 1. The smallest absolute Gasteiger partial charge is 0.309 e. The van der Waals surface area contributed by atoms with Crippen molar-refractivity contribution in [2.75, 3.05) is 0 Å². The number of nitrogens with zero attached hydrogens (tertiary/aromatic N) is 1. The second kappa shape index (κ2) is 8.19. The zero-order valence-corrected chi connectivity index (χ0v) is 17.8. The number of ether oxygens (including phenoxy) is 1. The monoisotopic (exact) mass is 420 g/mol. The van der Waals surface area contributed by atoms with Gasteiger partial charge in [-0.25, -0.2) is 4.39 Å². The lowest BCUT2D eigenvalue weighted by atomic mass is 9.56. The molecule has 5 heteroatoms. The van der Waals surface area contributed by atoms with Gasteiger partial charge in [-0.1, -0.05) is 30.7 Å². The van der Waals surface area contributed by atoms with Crippen LogP contribution in [0, 0.1) is 35.4 Å². The summed E-state index contributed by atoms with van der Waals surface area (Å²) in [7, 11) is 0. The number of rotatable bonds is 3. The lowest BCUT2D eigenvalue weighted by Crippen LogP contribution is -2.49. The molecule has 3 aliphatic rings. The van der Waals surface area contributed by atoms with E-state index in [9.17, 15) is 9.18 Å². The molecule has 0 spiro atoms. The number of nitrogens with two attached hydrogens (primary N) is 1. The van der Waals surface area contributed by atoms with E-state index in [0.29, 0.717) is 11.8 Å². The molecule has 7 atom stereocenters. The van der Waals surface area contributed by atoms with E-state index in [1.165, 1.54) is 12.1 Å². The number of esters is 1. The molecule has 1 aromatic heterocycles. The highest BCUT2D eigenvalue weighted by atomic mass is 19.1. The molecule has 3 fully saturated rings. The van der Waals surface area contributed by atoms with Crippen molar-refractivity contribution in [3.05, 3.63) is 60.2 Å². The van der Waals surface area contributed by atoms with Crippen LogP contribution in [-0.2, 0) is 9.53 Å². The molecule has 162 valence electrons. The predicted molar refractivity (Wildman–Crippen MR) is 118 cm³/mol. The Morgan fingerprint density at radius 3 is 2.81 bits per heavy atom. The molecule has 5 rings (SSSR count). The van der Waals surface area contributed by atoms with Gasteiger partial charge in [-0.05, 0) is 73.8 Å². The molecule has 1 aromatic carbocycles. The Labute approximate surface area is 182 Å². The van der Waals surface area contributed by atoms with E-state index in [2.05, 4.69) is 17.1 Å². The summed E-state index contributed by atoms with van der Waals surface area (Å²) in [6.07, 6.45) is 10.2. The summed E-state index contributed by atoms with van der Waals surface area (Å²) in [5, 5.41) is 0. The van der Waals surface area contributed by atoms with E-state index in [-0.39, 0.29) is 41.7 Å². The zero-order valence-electron chi connectivity index (χ0n) is 17.8. The molecule has 1 saturated heterocycles. The van der Waals surface area contributed by atoms with Gasteiger partial charge < -0.3 is 10.5 Å². The van der Waals surface area contributed by atoms with Crippen molar-refractivity contribution in [1.29, 1.82) is 0 Å². The second-order valence-electron chi connectivity index (χ2n) is 9.40. The average molecular weight is 421 g/mol. The second-order valence-corrected chi connectivity index (χ2v) is 9.40. The average Bonchev–Trinajstić information content (AvgIpc) is 3.05. The fourth-order valence-corrected chi connectivity index (χ4v) is 6.23. The summed E-state index contributed by atoms with van der Waals surface area (Å²) in [5.74, 6) is 0.998. The first-order chi connectivity index (χ1) is 15.0. The number of halogens is 1. The fourth-order valence-electron chi connectivity index (χ4n) is 6.23. The predicted octanol–water partition coefficient (Wildman–Crippen LogP) is 4.84. The van der Waals surface area contributed by atoms with Crippen LogP contribution in [0.1, 0.15) is 38.3 Å². The minimum absolute atomic E-state index is 0.0432. The van der Waals surface area contributed by atoms with Crippen molar-refractivity contribution in [2.45, 2.75) is 44.8 Å². The van der Waals surface area contributed by atoms with Gasteiger partial charge in [0.1, 0.15) is 11.9 Å². The molecular weight excluding hydrogens is 391 g/mol. The lowest BCUT2D eigenvalue weighted by molar-refractivity contribution is -0.144. The van der Waals surface area contributed by atoms with Crippen molar-refractivity contribution < 1.29 is 13.9 Å². The maximum atomic E-state index is 13.5. The van der Waals surface area contributed by atoms with Crippen LogP contribution in [0.2, 0.25) is 0 Å². The number of aromatic nitrogens is 1. The van der Waals surface area contributed by atoms with Gasteiger partial charge in [-0.2, -0.15) is 0 Å². The molecule has 2 aliphatic carbocycles. The molecule has 31 heavy (non-hydrogen) atoms. The van der Waals surface area contributed by atoms with Crippen molar-refractivity contribution in [3.8, 4) is 11.1 Å². The number of benzene rings is 1. The third kappa shape index (κ3) is 3.80. The Hall–Kier alpha value is -2.53. The molecule has 2 heterocycles. The Morgan fingerprint density at radius 1 is 1.16 bits per heavy atom. The molecule has 1 aliphatic heterocycles. The van der Waals surface area contributed by atoms with E-state index in [0.717, 1.165) is 42.5 Å². The summed E-state index contributed by atoms with van der Waals surface area (Å²) in [4.78, 5) is 17.1. The summed E-state index contributed by atoms with van der Waals surface area (Å²) < 4.78 is 19.2. The number of pyridine rings is 1. The van der Waals surface area contributed by atoms with Crippen molar-refractivity contribution in [1.82, 2.24) is 4.98 Å². The Bertz CT molecular complexity index is 989. The Balaban J connectivity index is 1.40. The maximum absolute atomic E-state index is 13.5. The zero-order chi connectivity index (χ0) is 21.5. The molecule has 0 amide bonds. The molecule has 2 aromatic rings. The fraction of sp³-hybridized carbons (Fsp3) is 0.462. The topological polar surface area (TPSA) is 65.2 Å². The number of hydrogen-bond donors (Lipinski definition) is 1. The van der Waals surface area contributed by atoms with Gasteiger partial charge in [0.25, 0.3) is 0 Å². The molecule has 4 nitrogen and oxygen atoms in total. The third-order valence-electron chi connectivity index (χ3n) is 7.68. The van der Waals surface area contributed by atoms with Crippen molar-refractivity contribution in [3.63, 3.8) is 0 Å². The highest BCUT2D eigenvalue weighted by Crippen LogP contribution is 2.53. The highest BCUT2D eigenvalue weighted by Gasteiger charge is 2.55. The third-order valence-corrected chi connectivity index (χ3v) is 7.68. The summed E-state index contributed by atoms with van der Waals surface area (Å²) in [6.45, 7) is 2.03. The summed E-state index contributed by atoms with van der Waals surface area (Å²) in [6, 6.07) is 10.6. The quantitative estimate of drug-likeness (QED) is 0.722. The van der Waals surface area contributed by atoms with Crippen molar-refractivity contribution in [2.24, 2.45) is 35.3 Å². The highest BCUT2D eigenvalue weighted by molar-refractivity contribution is 5.75. The van der Waals surface area contributed by atoms with E-state index in [1.54, 1.807) is 12.3 Å². The molecule has 2 saturated carbocycles. The summed E-state index contributed by atoms with van der Waals surface area (Å²) >= 11 is 0. The largest absolute Gasteiger partial charge is 0.462 e. The number of hydrogen-bond acceptors (Lipinski definition) is 4. The molecule has 0 bridgehead atoms. The van der Waals surface area contributed by atoms with Crippen LogP contribution in [0.3, 0.4) is 0 Å². The van der Waals surface area contributed by atoms with Crippen LogP contribution in [0.15, 0.2) is 48.7 Å². The van der Waals surface area contributed by atoms with E-state index >= 15 is 0 Å². The minimum Gasteiger partial charge on any atom is -0.462 e. The first kappa shape index (κ1) is 20.4. The van der Waals surface area contributed by atoms with Gasteiger partial charge in [-0.15, -0.1) is 0 Å². The summed E-state index contributed by atoms with van der Waals surface area (Å²) in [5.41, 5.74) is 9.05. The van der Waals surface area contributed by atoms with Gasteiger partial charge in [0, 0.05) is 23.7 Å². The van der Waals surface area contributed by atoms with Gasteiger partial charge in [0.2, 0.25) is 0 Å². The number of carbonyl (C=O) groups excluding carboxylic acids is 1. The lowest BCUT2D eigenvalue weighted by Gasteiger charge is -2.48. The van der Waals surface area contributed by atoms with Gasteiger partial charge in [0.05, 0.1) is 11.6 Å². The van der Waals surface area contributed by atoms with E-state index in [1.807, 2.05) is 25.1 Å². The van der Waals surface area contributed by atoms with E-state index in [4.69, 9.17) is 10.5 Å². The van der Waals surface area contributed by atoms with Crippen LogP contribution >= 0.6 is 0 Å². The minimum atomic E-state index is -0.254. The molecule has 0 unspecified atom stereocenters. The first-order valence-electron chi connectivity index (χ1n) is 11.4. The number of cyclic esters (lactones) is 1. The Morgan fingerprint density at radius 2 is 2.03 bits per heavy atom. The van der Waals surface area contributed by atoms with Crippen LogP contribution in [-0.4, -0.2) is 23.1 Å². The van der Waals surface area contributed by atoms with Gasteiger partial charge in [0.15, 0.2) is 0 Å². The molecule has 0 radical (unpaired) electrons. The number of fused-ring (bicyclic) bond motifs is 2. The van der Waals surface area contributed by atoms with E-state index < -0.39 is 0 Å². The first-order valence-corrected chi connectivity index (χ1v) is 11.4. The van der Waals surface area contributed by atoms with Crippen LogP contribution in [0.25, 0.3) is 17.2 Å². The molecular formula is C26H29FN2O2. The molecule has 2 N–H and O–H groups in total. The van der Waals surface area contributed by atoms with Gasteiger partial charge in [-0.3, -0.25) is 9.78 Å². The standard InChI is InChI=1S/C26H29FN2O2/c1-15-25-21(20-6-3-7-24(28)22(20)13-23(25)26(30)31-15)11-10-19-9-8-17(14-29-19)16-4-2-5-18(27)12-16/h2,4-5,8-12,14-15,20-25H,3,6-7,13,28H2,1H3/b11-10+/t15-,20+,21+,22+,23-,24-,25+/m1/s1.